The lowest BCUT2D eigenvalue weighted by atomic mass is 9.84. The Morgan fingerprint density at radius 2 is 1.73 bits per heavy atom. The summed E-state index contributed by atoms with van der Waals surface area (Å²) in [5, 5.41) is 2.37. The lowest BCUT2D eigenvalue weighted by Crippen LogP contribution is -2.51. The number of nitrogens with one attached hydrogen (secondary N) is 1. The van der Waals surface area contributed by atoms with Gasteiger partial charge in [-0.3, -0.25) is 4.79 Å². The van der Waals surface area contributed by atoms with Gasteiger partial charge in [0.2, 0.25) is 0 Å². The molecule has 0 aromatic rings. The van der Waals surface area contributed by atoms with Crippen molar-refractivity contribution in [2.24, 2.45) is 5.92 Å². The average molecular weight is 313 g/mol. The summed E-state index contributed by atoms with van der Waals surface area (Å²) in [5.74, 6) is -1.19. The van der Waals surface area contributed by atoms with Crippen LogP contribution < -0.4 is 5.32 Å². The predicted molar refractivity (Wildman–Crippen MR) is 81.4 cm³/mol. The van der Waals surface area contributed by atoms with Gasteiger partial charge < -0.3 is 14.8 Å². The van der Waals surface area contributed by atoms with Crippen LogP contribution in [0.1, 0.15) is 59.8 Å². The first-order valence-corrected chi connectivity index (χ1v) is 7.94. The summed E-state index contributed by atoms with van der Waals surface area (Å²) in [4.78, 5) is 36.4. The Kier molecular flexibility index (Phi) is 6.84. The van der Waals surface area contributed by atoms with Crippen LogP contribution in [0.4, 0.5) is 4.79 Å². The maximum Gasteiger partial charge on any atom is 0.408 e. The second kappa shape index (κ2) is 8.15. The Bertz CT molecular complexity index is 407. The summed E-state index contributed by atoms with van der Waals surface area (Å²) < 4.78 is 10.0. The second-order valence-corrected chi connectivity index (χ2v) is 6.57. The lowest BCUT2D eigenvalue weighted by Gasteiger charge is -2.26. The van der Waals surface area contributed by atoms with E-state index in [4.69, 9.17) is 9.47 Å². The molecule has 1 saturated carbocycles. The maximum atomic E-state index is 12.5. The van der Waals surface area contributed by atoms with Crippen LogP contribution in [-0.2, 0) is 19.1 Å². The fraction of sp³-hybridized carbons (Fsp3) is 0.812. The number of Topliss-reactive ketones (excluding diaryl/α,β-unsaturated/α-hetero) is 1. The number of esters is 1. The fourth-order valence-corrected chi connectivity index (χ4v) is 2.52. The van der Waals surface area contributed by atoms with Crippen LogP contribution in [0, 0.1) is 5.92 Å². The van der Waals surface area contributed by atoms with E-state index in [1.807, 2.05) is 0 Å². The number of amides is 1. The molecule has 0 spiro atoms. The summed E-state index contributed by atoms with van der Waals surface area (Å²) in [5.41, 5.74) is -0.697. The number of rotatable bonds is 5. The van der Waals surface area contributed by atoms with E-state index in [0.29, 0.717) is 0 Å². The number of hydrogen-bond acceptors (Lipinski definition) is 5. The Balaban J connectivity index is 2.76. The molecule has 1 unspecified atom stereocenters. The molecule has 1 amide bonds. The molecule has 0 saturated heterocycles. The molecular formula is C16H27NO5. The van der Waals surface area contributed by atoms with Crippen LogP contribution in [-0.4, -0.2) is 36.1 Å². The van der Waals surface area contributed by atoms with Gasteiger partial charge in [0, 0.05) is 5.92 Å². The molecule has 1 rings (SSSR count). The van der Waals surface area contributed by atoms with Crippen molar-refractivity contribution >= 4 is 17.8 Å². The van der Waals surface area contributed by atoms with E-state index in [9.17, 15) is 14.4 Å². The van der Waals surface area contributed by atoms with Crippen LogP contribution in [0.5, 0.6) is 0 Å². The van der Waals surface area contributed by atoms with Crippen molar-refractivity contribution in [2.45, 2.75) is 71.4 Å². The van der Waals surface area contributed by atoms with Gasteiger partial charge in [0.25, 0.3) is 0 Å². The van der Waals surface area contributed by atoms with E-state index < -0.39 is 23.7 Å². The van der Waals surface area contributed by atoms with Gasteiger partial charge in [-0.15, -0.1) is 0 Å². The number of carbonyl (C=O) groups is 3. The Labute approximate surface area is 131 Å². The minimum atomic E-state index is -1.28. The summed E-state index contributed by atoms with van der Waals surface area (Å²) in [7, 11) is 0. The standard InChI is InChI=1S/C16H27NO5/c1-5-21-14(19)12(17-15(20)22-16(2,3)4)13(18)11-9-7-6-8-10-11/h11-12H,5-10H2,1-4H3,(H,17,20). The zero-order chi connectivity index (χ0) is 16.8. The van der Waals surface area contributed by atoms with Crippen LogP contribution in [0.15, 0.2) is 0 Å². The quantitative estimate of drug-likeness (QED) is 0.623. The Morgan fingerprint density at radius 1 is 1.14 bits per heavy atom. The molecule has 22 heavy (non-hydrogen) atoms. The van der Waals surface area contributed by atoms with E-state index in [1.165, 1.54) is 0 Å². The predicted octanol–water partition coefficient (Wildman–Crippen LogP) is 2.59. The Morgan fingerprint density at radius 3 is 2.23 bits per heavy atom. The molecule has 126 valence electrons. The minimum absolute atomic E-state index is 0.156. The molecule has 0 aromatic carbocycles. The van der Waals surface area contributed by atoms with E-state index in [-0.39, 0.29) is 18.3 Å². The number of ether oxygens (including phenoxy) is 2. The molecule has 0 aromatic heterocycles. The third kappa shape index (κ3) is 6.03. The van der Waals surface area contributed by atoms with Crippen molar-refractivity contribution in [1.82, 2.24) is 5.32 Å². The van der Waals surface area contributed by atoms with Gasteiger partial charge in [0.15, 0.2) is 11.8 Å². The van der Waals surface area contributed by atoms with Crippen LogP contribution in [0.2, 0.25) is 0 Å². The third-order valence-electron chi connectivity index (χ3n) is 3.48. The van der Waals surface area contributed by atoms with Crippen molar-refractivity contribution in [2.75, 3.05) is 6.61 Å². The molecule has 0 heterocycles. The van der Waals surface area contributed by atoms with Crippen molar-refractivity contribution in [3.63, 3.8) is 0 Å². The highest BCUT2D eigenvalue weighted by Gasteiger charge is 2.36. The molecule has 0 aliphatic heterocycles. The molecule has 1 fully saturated rings. The molecule has 6 nitrogen and oxygen atoms in total. The highest BCUT2D eigenvalue weighted by atomic mass is 16.6. The Hall–Kier alpha value is -1.59. The van der Waals surface area contributed by atoms with Gasteiger partial charge in [-0.05, 0) is 40.5 Å². The normalized spacial score (nSPS) is 17.5. The topological polar surface area (TPSA) is 81.7 Å². The van der Waals surface area contributed by atoms with Crippen molar-refractivity contribution in [3.8, 4) is 0 Å². The highest BCUT2D eigenvalue weighted by Crippen LogP contribution is 2.25. The first kappa shape index (κ1) is 18.5. The lowest BCUT2D eigenvalue weighted by molar-refractivity contribution is -0.149. The zero-order valence-electron chi connectivity index (χ0n) is 13.9. The number of hydrogen-bond donors (Lipinski definition) is 1. The summed E-state index contributed by atoms with van der Waals surface area (Å²) in [6, 6.07) is -1.28. The van der Waals surface area contributed by atoms with Crippen molar-refractivity contribution in [3.05, 3.63) is 0 Å². The summed E-state index contributed by atoms with van der Waals surface area (Å²) in [6.45, 7) is 6.97. The first-order chi connectivity index (χ1) is 10.2. The molecule has 1 N–H and O–H groups in total. The van der Waals surface area contributed by atoms with Crippen LogP contribution in [0.3, 0.4) is 0 Å². The van der Waals surface area contributed by atoms with E-state index in [2.05, 4.69) is 5.32 Å². The summed E-state index contributed by atoms with van der Waals surface area (Å²) in [6.07, 6.45) is 3.77. The number of ketones is 1. The average Bonchev–Trinajstić information content (AvgIpc) is 2.43. The molecule has 6 heteroatoms. The van der Waals surface area contributed by atoms with Gasteiger partial charge in [-0.25, -0.2) is 9.59 Å². The second-order valence-electron chi connectivity index (χ2n) is 6.57. The van der Waals surface area contributed by atoms with Gasteiger partial charge in [-0.2, -0.15) is 0 Å². The molecule has 1 aliphatic rings. The summed E-state index contributed by atoms with van der Waals surface area (Å²) >= 11 is 0. The smallest absolute Gasteiger partial charge is 0.408 e. The number of carbonyl (C=O) groups excluding carboxylic acids is 3. The first-order valence-electron chi connectivity index (χ1n) is 7.94. The van der Waals surface area contributed by atoms with Gasteiger partial charge >= 0.3 is 12.1 Å². The van der Waals surface area contributed by atoms with Gasteiger partial charge in [0.05, 0.1) is 6.61 Å². The highest BCUT2D eigenvalue weighted by molar-refractivity contribution is 6.06. The third-order valence-corrected chi connectivity index (χ3v) is 3.48. The van der Waals surface area contributed by atoms with Crippen molar-refractivity contribution < 1.29 is 23.9 Å². The molecule has 0 radical (unpaired) electrons. The van der Waals surface area contributed by atoms with Crippen molar-refractivity contribution in [1.29, 1.82) is 0 Å². The van der Waals surface area contributed by atoms with Crippen LogP contribution >= 0.6 is 0 Å². The SMILES string of the molecule is CCOC(=O)C(NC(=O)OC(C)(C)C)C(=O)C1CCCCC1. The molecule has 0 bridgehead atoms. The molecule has 1 atom stereocenters. The fourth-order valence-electron chi connectivity index (χ4n) is 2.52. The van der Waals surface area contributed by atoms with E-state index in [1.54, 1.807) is 27.7 Å². The maximum absolute atomic E-state index is 12.5. The zero-order valence-corrected chi connectivity index (χ0v) is 13.9. The number of alkyl carbamates (subject to hydrolysis) is 1. The van der Waals surface area contributed by atoms with E-state index in [0.717, 1.165) is 32.1 Å². The molecular weight excluding hydrogens is 286 g/mol. The van der Waals surface area contributed by atoms with Gasteiger partial charge in [-0.1, -0.05) is 19.3 Å². The van der Waals surface area contributed by atoms with E-state index >= 15 is 0 Å². The minimum Gasteiger partial charge on any atom is -0.464 e. The largest absolute Gasteiger partial charge is 0.464 e. The van der Waals surface area contributed by atoms with Gasteiger partial charge in [0.1, 0.15) is 5.60 Å². The van der Waals surface area contributed by atoms with Crippen LogP contribution in [0.25, 0.3) is 0 Å². The molecule has 1 aliphatic carbocycles. The monoisotopic (exact) mass is 313 g/mol.